The van der Waals surface area contributed by atoms with Crippen LogP contribution in [0.2, 0.25) is 0 Å². The fraction of sp³-hybridized carbons (Fsp3) is 1.00. The monoisotopic (exact) mass is 188 g/mol. The second-order valence-corrected chi connectivity index (χ2v) is 3.12. The van der Waals surface area contributed by atoms with Crippen LogP contribution in [-0.2, 0) is 4.74 Å². The Bertz CT molecular complexity index is 90.2. The fourth-order valence-electron chi connectivity index (χ4n) is 0. The summed E-state index contributed by atoms with van der Waals surface area (Å²) in [6.07, 6.45) is -4.12. The third-order valence-electron chi connectivity index (χ3n) is 0.773. The van der Waals surface area contributed by atoms with Gasteiger partial charge in [-0.3, -0.25) is 0 Å². The molecule has 0 saturated carbocycles. The van der Waals surface area contributed by atoms with E-state index in [0.717, 1.165) is 0 Å². The maximum atomic E-state index is 10.6. The van der Waals surface area contributed by atoms with Gasteiger partial charge in [-0.1, -0.05) is 0 Å². The summed E-state index contributed by atoms with van der Waals surface area (Å²) >= 11 is 0. The highest BCUT2D eigenvalue weighted by Gasteiger charge is 2.22. The summed E-state index contributed by atoms with van der Waals surface area (Å²) in [5, 5.41) is 7.12. The van der Waals surface area contributed by atoms with Crippen molar-refractivity contribution in [2.24, 2.45) is 0 Å². The van der Waals surface area contributed by atoms with Crippen LogP contribution in [-0.4, -0.2) is 30.6 Å². The molecule has 0 unspecified atom stereocenters. The van der Waals surface area contributed by atoms with Gasteiger partial charge in [-0.15, -0.1) is 0 Å². The van der Waals surface area contributed by atoms with E-state index in [9.17, 15) is 13.2 Å². The van der Waals surface area contributed by atoms with E-state index in [1.807, 2.05) is 20.8 Å². The molecule has 0 fully saturated rings. The van der Waals surface area contributed by atoms with Crippen molar-refractivity contribution in [2.45, 2.75) is 32.5 Å². The molecule has 0 radical (unpaired) electrons. The minimum Gasteiger partial charge on any atom is -0.379 e. The third-order valence-corrected chi connectivity index (χ3v) is 0.773. The van der Waals surface area contributed by atoms with Crippen molar-refractivity contribution >= 4 is 0 Å². The highest BCUT2D eigenvalue weighted by atomic mass is 19.3. The number of hydrogen-bond donors (Lipinski definition) is 1. The molecule has 5 heteroatoms. The van der Waals surface area contributed by atoms with Gasteiger partial charge >= 0.3 is 6.11 Å². The van der Waals surface area contributed by atoms with Crippen LogP contribution in [0.4, 0.5) is 13.2 Å². The van der Waals surface area contributed by atoms with Crippen LogP contribution in [0.3, 0.4) is 0 Å². The van der Waals surface area contributed by atoms with Crippen molar-refractivity contribution in [2.75, 3.05) is 13.8 Å². The maximum Gasteiger partial charge on any atom is 0.381 e. The highest BCUT2D eigenvalue weighted by molar-refractivity contribution is 4.55. The lowest BCUT2D eigenvalue weighted by Gasteiger charge is -2.14. The third kappa shape index (κ3) is 22.6. The van der Waals surface area contributed by atoms with E-state index in [-0.39, 0.29) is 5.60 Å². The van der Waals surface area contributed by atoms with Gasteiger partial charge < -0.3 is 9.84 Å². The Hall–Kier alpha value is -0.290. The van der Waals surface area contributed by atoms with E-state index < -0.39 is 12.8 Å². The van der Waals surface area contributed by atoms with E-state index in [4.69, 9.17) is 9.84 Å². The minimum atomic E-state index is -4.12. The normalized spacial score (nSPS) is 12.0. The fourth-order valence-corrected chi connectivity index (χ4v) is 0. The van der Waals surface area contributed by atoms with Crippen molar-refractivity contribution in [3.8, 4) is 0 Å². The quantitative estimate of drug-likeness (QED) is 0.681. The summed E-state index contributed by atoms with van der Waals surface area (Å²) in [5.41, 5.74) is 0.0417. The molecule has 0 rings (SSSR count). The summed E-state index contributed by atoms with van der Waals surface area (Å²) in [4.78, 5) is 0. The minimum absolute atomic E-state index is 0.0417. The highest BCUT2D eigenvalue weighted by Crippen LogP contribution is 2.06. The Morgan fingerprint density at radius 1 is 1.25 bits per heavy atom. The summed E-state index contributed by atoms with van der Waals surface area (Å²) in [6.45, 7) is 4.06. The van der Waals surface area contributed by atoms with Gasteiger partial charge in [-0.2, -0.15) is 8.78 Å². The molecule has 0 aliphatic rings. The zero-order chi connectivity index (χ0) is 10.4. The number of aliphatic hydroxyl groups is 1. The van der Waals surface area contributed by atoms with Gasteiger partial charge in [0.05, 0.1) is 5.60 Å². The van der Waals surface area contributed by atoms with Gasteiger partial charge in [0, 0.05) is 7.11 Å². The molecule has 2 nitrogen and oxygen atoms in total. The van der Waals surface area contributed by atoms with Crippen LogP contribution in [0.15, 0.2) is 0 Å². The Balaban J connectivity index is 0. The summed E-state index contributed by atoms with van der Waals surface area (Å²) in [5.74, 6) is 0. The molecule has 12 heavy (non-hydrogen) atoms. The van der Waals surface area contributed by atoms with E-state index in [1.165, 1.54) is 0 Å². The van der Waals surface area contributed by atoms with Gasteiger partial charge in [-0.25, -0.2) is 4.39 Å². The van der Waals surface area contributed by atoms with Gasteiger partial charge in [-0.05, 0) is 20.8 Å². The first-order valence-corrected chi connectivity index (χ1v) is 3.33. The number of methoxy groups -OCH3 is 1. The number of halogens is 3. The number of hydrogen-bond acceptors (Lipinski definition) is 2. The number of ether oxygens (including phenoxy) is 1. The van der Waals surface area contributed by atoms with Crippen molar-refractivity contribution in [1.82, 2.24) is 0 Å². The standard InChI is InChI=1S/C5H12O.C2H3F3O/c1-5(2,3)6-4;3-1-2(4,5)6/h1-4H3;6H,1H2. The molecule has 0 heterocycles. The Morgan fingerprint density at radius 2 is 1.42 bits per heavy atom. The smallest absolute Gasteiger partial charge is 0.379 e. The lowest BCUT2D eigenvalue weighted by Crippen LogP contribution is -2.15. The predicted octanol–water partition coefficient (Wildman–Crippen LogP) is 1.97. The first-order valence-electron chi connectivity index (χ1n) is 3.33. The Labute approximate surface area is 70.3 Å². The number of rotatable bonds is 1. The topological polar surface area (TPSA) is 29.5 Å². The number of alkyl halides is 3. The van der Waals surface area contributed by atoms with Crippen LogP contribution in [0, 0.1) is 0 Å². The SMILES string of the molecule is COC(C)(C)C.OC(F)(F)CF. The largest absolute Gasteiger partial charge is 0.381 e. The molecule has 0 amide bonds. The zero-order valence-corrected chi connectivity index (χ0v) is 7.70. The first kappa shape index (κ1) is 14.2. The first-order chi connectivity index (χ1) is 5.12. The van der Waals surface area contributed by atoms with Gasteiger partial charge in [0.2, 0.25) is 0 Å². The molecule has 0 aliphatic heterocycles. The Kier molecular flexibility index (Phi) is 6.38. The molecule has 0 aliphatic carbocycles. The average Bonchev–Trinajstić information content (AvgIpc) is 1.86. The molecule has 0 atom stereocenters. The van der Waals surface area contributed by atoms with E-state index >= 15 is 0 Å². The molecule has 0 bridgehead atoms. The average molecular weight is 188 g/mol. The molecular weight excluding hydrogens is 173 g/mol. The summed E-state index contributed by atoms with van der Waals surface area (Å²) in [7, 11) is 1.71. The second kappa shape index (κ2) is 5.37. The predicted molar refractivity (Wildman–Crippen MR) is 39.9 cm³/mol. The van der Waals surface area contributed by atoms with Crippen LogP contribution >= 0.6 is 0 Å². The van der Waals surface area contributed by atoms with Crippen LogP contribution in [0.25, 0.3) is 0 Å². The van der Waals surface area contributed by atoms with E-state index in [0.29, 0.717) is 0 Å². The van der Waals surface area contributed by atoms with Crippen molar-refractivity contribution in [3.63, 3.8) is 0 Å². The molecule has 0 aromatic carbocycles. The van der Waals surface area contributed by atoms with Gasteiger partial charge in [0.25, 0.3) is 0 Å². The molecule has 0 saturated heterocycles. The van der Waals surface area contributed by atoms with Crippen molar-refractivity contribution in [3.05, 3.63) is 0 Å². The molecular formula is C7H15F3O2. The Morgan fingerprint density at radius 3 is 1.42 bits per heavy atom. The molecule has 0 aromatic rings. The molecule has 0 spiro atoms. The summed E-state index contributed by atoms with van der Waals surface area (Å²) in [6, 6.07) is 0. The van der Waals surface area contributed by atoms with Crippen molar-refractivity contribution in [1.29, 1.82) is 0 Å². The van der Waals surface area contributed by atoms with Crippen molar-refractivity contribution < 1.29 is 23.0 Å². The lowest BCUT2D eigenvalue weighted by molar-refractivity contribution is -0.208. The van der Waals surface area contributed by atoms with Gasteiger partial charge in [0.15, 0.2) is 6.67 Å². The van der Waals surface area contributed by atoms with Crippen LogP contribution < -0.4 is 0 Å². The van der Waals surface area contributed by atoms with Crippen LogP contribution in [0.1, 0.15) is 20.8 Å². The van der Waals surface area contributed by atoms with Crippen LogP contribution in [0.5, 0.6) is 0 Å². The molecule has 76 valence electrons. The van der Waals surface area contributed by atoms with Gasteiger partial charge in [0.1, 0.15) is 0 Å². The summed E-state index contributed by atoms with van der Waals surface area (Å²) < 4.78 is 36.7. The van der Waals surface area contributed by atoms with E-state index in [2.05, 4.69) is 0 Å². The second-order valence-electron chi connectivity index (χ2n) is 3.12. The zero-order valence-electron chi connectivity index (χ0n) is 7.70. The lowest BCUT2D eigenvalue weighted by atomic mass is 10.2. The maximum absolute atomic E-state index is 10.6. The molecule has 0 aromatic heterocycles. The van der Waals surface area contributed by atoms with E-state index in [1.54, 1.807) is 7.11 Å². The molecule has 1 N–H and O–H groups in total.